The number of nitrogens with zero attached hydrogens (tertiary/aromatic N) is 2. The second-order valence-electron chi connectivity index (χ2n) is 5.87. The number of carbonyl (C=O) groups is 1. The van der Waals surface area contributed by atoms with Gasteiger partial charge in [0.15, 0.2) is 0 Å². The molecule has 0 bridgehead atoms. The average molecular weight is 275 g/mol. The summed E-state index contributed by atoms with van der Waals surface area (Å²) in [7, 11) is 1.85. The summed E-state index contributed by atoms with van der Waals surface area (Å²) < 4.78 is 0. The van der Waals surface area contributed by atoms with Gasteiger partial charge >= 0.3 is 6.03 Å². The molecule has 1 saturated heterocycles. The van der Waals surface area contributed by atoms with Gasteiger partial charge in [0.25, 0.3) is 0 Å². The van der Waals surface area contributed by atoms with E-state index < -0.39 is 0 Å². The molecule has 4 heteroatoms. The molecule has 1 aliphatic heterocycles. The molecule has 2 rings (SSSR count). The highest BCUT2D eigenvalue weighted by molar-refractivity contribution is 5.75. The van der Waals surface area contributed by atoms with Crippen LogP contribution in [0.4, 0.5) is 10.5 Å². The van der Waals surface area contributed by atoms with Crippen molar-refractivity contribution < 1.29 is 4.79 Å². The molecule has 110 valence electrons. The van der Waals surface area contributed by atoms with Crippen LogP contribution in [0.15, 0.2) is 24.3 Å². The Morgan fingerprint density at radius 3 is 2.50 bits per heavy atom. The van der Waals surface area contributed by atoms with E-state index >= 15 is 0 Å². The summed E-state index contributed by atoms with van der Waals surface area (Å²) in [5, 5.41) is 0. The second-order valence-corrected chi connectivity index (χ2v) is 5.87. The fourth-order valence-electron chi connectivity index (χ4n) is 3.00. The monoisotopic (exact) mass is 275 g/mol. The summed E-state index contributed by atoms with van der Waals surface area (Å²) in [5.41, 5.74) is 7.69. The number of amides is 2. The number of nitrogens with two attached hydrogens (primary N) is 1. The molecule has 4 nitrogen and oxygen atoms in total. The SMILES string of the molecule is C[C@@H]1CCC[C@@H](C)N1C(=O)N(C)Cc1ccccc1N. The van der Waals surface area contributed by atoms with Crippen LogP contribution in [0.2, 0.25) is 0 Å². The Hall–Kier alpha value is -1.71. The Morgan fingerprint density at radius 2 is 1.90 bits per heavy atom. The predicted molar refractivity (Wildman–Crippen MR) is 82.3 cm³/mol. The molecule has 1 aromatic carbocycles. The number of benzene rings is 1. The smallest absolute Gasteiger partial charge is 0.320 e. The summed E-state index contributed by atoms with van der Waals surface area (Å²) in [6, 6.07) is 8.46. The van der Waals surface area contributed by atoms with Crippen LogP contribution in [0, 0.1) is 0 Å². The van der Waals surface area contributed by atoms with Crippen LogP contribution in [-0.2, 0) is 6.54 Å². The van der Waals surface area contributed by atoms with Crippen molar-refractivity contribution in [2.75, 3.05) is 12.8 Å². The Morgan fingerprint density at radius 1 is 1.30 bits per heavy atom. The lowest BCUT2D eigenvalue weighted by molar-refractivity contribution is 0.0969. The molecule has 1 aromatic rings. The summed E-state index contributed by atoms with van der Waals surface area (Å²) in [4.78, 5) is 16.4. The molecular formula is C16H25N3O. The molecule has 2 amide bonds. The number of urea groups is 1. The zero-order chi connectivity index (χ0) is 14.7. The van der Waals surface area contributed by atoms with Crippen LogP contribution in [0.1, 0.15) is 38.7 Å². The normalized spacial score (nSPS) is 22.6. The molecule has 1 fully saturated rings. The van der Waals surface area contributed by atoms with Crippen molar-refractivity contribution in [2.45, 2.75) is 51.7 Å². The minimum absolute atomic E-state index is 0.105. The topological polar surface area (TPSA) is 49.6 Å². The van der Waals surface area contributed by atoms with Crippen molar-refractivity contribution in [2.24, 2.45) is 0 Å². The average Bonchev–Trinajstić information content (AvgIpc) is 2.41. The lowest BCUT2D eigenvalue weighted by atomic mass is 9.98. The van der Waals surface area contributed by atoms with Crippen molar-refractivity contribution in [1.29, 1.82) is 0 Å². The van der Waals surface area contributed by atoms with Gasteiger partial charge in [-0.1, -0.05) is 18.2 Å². The van der Waals surface area contributed by atoms with Crippen LogP contribution in [-0.4, -0.2) is 35.0 Å². The fraction of sp³-hybridized carbons (Fsp3) is 0.562. The molecular weight excluding hydrogens is 250 g/mol. The number of anilines is 1. The number of nitrogen functional groups attached to an aromatic ring is 1. The molecule has 0 spiro atoms. The molecule has 2 atom stereocenters. The quantitative estimate of drug-likeness (QED) is 0.843. The van der Waals surface area contributed by atoms with E-state index in [9.17, 15) is 4.79 Å². The third kappa shape index (κ3) is 3.06. The molecule has 0 radical (unpaired) electrons. The standard InChI is InChI=1S/C16H25N3O/c1-12-7-6-8-13(2)19(12)16(20)18(3)11-14-9-4-5-10-15(14)17/h4-5,9-10,12-13H,6-8,11,17H2,1-3H3/t12-,13-/m1/s1. The van der Waals surface area contributed by atoms with Crippen LogP contribution in [0.3, 0.4) is 0 Å². The molecule has 0 aliphatic carbocycles. The highest BCUT2D eigenvalue weighted by Crippen LogP contribution is 2.24. The number of rotatable bonds is 2. The van der Waals surface area contributed by atoms with Gasteiger partial charge in [-0.15, -0.1) is 0 Å². The van der Waals surface area contributed by atoms with E-state index in [0.717, 1.165) is 24.1 Å². The summed E-state index contributed by atoms with van der Waals surface area (Å²) >= 11 is 0. The highest BCUT2D eigenvalue weighted by Gasteiger charge is 2.30. The zero-order valence-electron chi connectivity index (χ0n) is 12.7. The number of piperidine rings is 1. The third-order valence-electron chi connectivity index (χ3n) is 4.20. The molecule has 0 unspecified atom stereocenters. The van der Waals surface area contributed by atoms with Crippen LogP contribution in [0.5, 0.6) is 0 Å². The lowest BCUT2D eigenvalue weighted by Crippen LogP contribution is -2.52. The largest absolute Gasteiger partial charge is 0.398 e. The first kappa shape index (κ1) is 14.7. The fourth-order valence-corrected chi connectivity index (χ4v) is 3.00. The minimum atomic E-state index is 0.105. The van der Waals surface area contributed by atoms with Crippen molar-refractivity contribution in [1.82, 2.24) is 9.80 Å². The summed E-state index contributed by atoms with van der Waals surface area (Å²) in [5.74, 6) is 0. The first-order valence-electron chi connectivity index (χ1n) is 7.37. The molecule has 20 heavy (non-hydrogen) atoms. The van der Waals surface area contributed by atoms with Gasteiger partial charge in [-0.25, -0.2) is 4.79 Å². The van der Waals surface area contributed by atoms with E-state index in [-0.39, 0.29) is 6.03 Å². The molecule has 0 aromatic heterocycles. The van der Waals surface area contributed by atoms with E-state index in [2.05, 4.69) is 13.8 Å². The van der Waals surface area contributed by atoms with Gasteiger partial charge in [-0.2, -0.15) is 0 Å². The number of hydrogen-bond donors (Lipinski definition) is 1. The van der Waals surface area contributed by atoms with Crippen molar-refractivity contribution in [3.8, 4) is 0 Å². The minimum Gasteiger partial charge on any atom is -0.398 e. The van der Waals surface area contributed by atoms with Gasteiger partial charge in [0, 0.05) is 31.4 Å². The van der Waals surface area contributed by atoms with Gasteiger partial charge in [0.2, 0.25) is 0 Å². The Bertz CT molecular complexity index is 465. The molecule has 2 N–H and O–H groups in total. The van der Waals surface area contributed by atoms with Gasteiger partial charge in [-0.3, -0.25) is 0 Å². The van der Waals surface area contributed by atoms with E-state index in [0.29, 0.717) is 18.6 Å². The van der Waals surface area contributed by atoms with Crippen molar-refractivity contribution in [3.63, 3.8) is 0 Å². The molecule has 1 heterocycles. The maximum absolute atomic E-state index is 12.6. The predicted octanol–water partition coefficient (Wildman–Crippen LogP) is 3.08. The first-order valence-corrected chi connectivity index (χ1v) is 7.37. The van der Waals surface area contributed by atoms with Gasteiger partial charge in [-0.05, 0) is 44.7 Å². The van der Waals surface area contributed by atoms with Crippen LogP contribution in [0.25, 0.3) is 0 Å². The van der Waals surface area contributed by atoms with Crippen molar-refractivity contribution in [3.05, 3.63) is 29.8 Å². The summed E-state index contributed by atoms with van der Waals surface area (Å²) in [6.07, 6.45) is 3.40. The van der Waals surface area contributed by atoms with Gasteiger partial charge in [0.05, 0.1) is 0 Å². The Kier molecular flexibility index (Phi) is 4.53. The summed E-state index contributed by atoms with van der Waals surface area (Å²) in [6.45, 7) is 4.83. The third-order valence-corrected chi connectivity index (χ3v) is 4.20. The van der Waals surface area contributed by atoms with Gasteiger partial charge in [0.1, 0.15) is 0 Å². The molecule has 0 saturated carbocycles. The van der Waals surface area contributed by atoms with Crippen LogP contribution >= 0.6 is 0 Å². The Labute approximate surface area is 121 Å². The Balaban J connectivity index is 2.06. The van der Waals surface area contributed by atoms with E-state index in [4.69, 9.17) is 5.73 Å². The van der Waals surface area contributed by atoms with Gasteiger partial charge < -0.3 is 15.5 Å². The highest BCUT2D eigenvalue weighted by atomic mass is 16.2. The van der Waals surface area contributed by atoms with E-state index in [1.807, 2.05) is 36.2 Å². The number of para-hydroxylation sites is 1. The van der Waals surface area contributed by atoms with E-state index in [1.165, 1.54) is 6.42 Å². The number of hydrogen-bond acceptors (Lipinski definition) is 2. The first-order chi connectivity index (χ1) is 9.50. The maximum atomic E-state index is 12.6. The van der Waals surface area contributed by atoms with Crippen molar-refractivity contribution >= 4 is 11.7 Å². The maximum Gasteiger partial charge on any atom is 0.320 e. The molecule has 1 aliphatic rings. The second kappa shape index (κ2) is 6.16. The zero-order valence-corrected chi connectivity index (χ0v) is 12.7. The number of likely N-dealkylation sites (tertiary alicyclic amines) is 1. The van der Waals surface area contributed by atoms with E-state index in [1.54, 1.807) is 4.90 Å². The lowest BCUT2D eigenvalue weighted by Gasteiger charge is -2.41. The number of carbonyl (C=O) groups excluding carboxylic acids is 1. The van der Waals surface area contributed by atoms with Crippen LogP contribution < -0.4 is 5.73 Å².